The smallest absolute Gasteiger partial charge is 0.123 e. The number of rotatable bonds is 3. The molecule has 2 nitrogen and oxygen atoms in total. The molecule has 3 rings (SSSR count). The quantitative estimate of drug-likeness (QED) is 0.914. The number of fused-ring (bicyclic) bond motifs is 1. The highest BCUT2D eigenvalue weighted by Crippen LogP contribution is 2.36. The second-order valence-corrected chi connectivity index (χ2v) is 6.69. The van der Waals surface area contributed by atoms with Gasteiger partial charge in [-0.1, -0.05) is 29.8 Å². The van der Waals surface area contributed by atoms with Crippen LogP contribution in [0.5, 0.6) is 5.75 Å². The van der Waals surface area contributed by atoms with Crippen molar-refractivity contribution in [2.75, 3.05) is 0 Å². The number of benzene rings is 2. The van der Waals surface area contributed by atoms with Crippen LogP contribution in [0, 0.1) is 0 Å². The van der Waals surface area contributed by atoms with E-state index in [-0.39, 0.29) is 5.60 Å². The lowest BCUT2D eigenvalue weighted by atomic mass is 9.96. The fraction of sp³-hybridized carbons (Fsp3) is 0.333. The normalized spacial score (nSPS) is 17.1. The Morgan fingerprint density at radius 3 is 2.62 bits per heavy atom. The molecule has 1 atom stereocenters. The van der Waals surface area contributed by atoms with E-state index < -0.39 is 6.10 Å². The van der Waals surface area contributed by atoms with E-state index in [4.69, 9.17) is 16.3 Å². The number of ether oxygens (including phenoxy) is 1. The SMILES string of the molecule is CC1(C)Cc2cc(C(O)Cc3ccc(Cl)cc3)ccc2O1. The topological polar surface area (TPSA) is 29.5 Å². The first-order valence-corrected chi connectivity index (χ1v) is 7.55. The number of aliphatic hydroxyl groups excluding tert-OH is 1. The predicted molar refractivity (Wildman–Crippen MR) is 85.0 cm³/mol. The Morgan fingerprint density at radius 2 is 1.90 bits per heavy atom. The fourth-order valence-electron chi connectivity index (χ4n) is 2.80. The zero-order valence-corrected chi connectivity index (χ0v) is 13.0. The van der Waals surface area contributed by atoms with Gasteiger partial charge in [0.15, 0.2) is 0 Å². The van der Waals surface area contributed by atoms with Gasteiger partial charge in [0.05, 0.1) is 6.10 Å². The molecular formula is C18H19ClO2. The van der Waals surface area contributed by atoms with Crippen LogP contribution in [0.3, 0.4) is 0 Å². The van der Waals surface area contributed by atoms with Crippen LogP contribution in [0.1, 0.15) is 36.6 Å². The molecular weight excluding hydrogens is 284 g/mol. The maximum Gasteiger partial charge on any atom is 0.123 e. The summed E-state index contributed by atoms with van der Waals surface area (Å²) in [6.45, 7) is 4.16. The van der Waals surface area contributed by atoms with Crippen molar-refractivity contribution in [1.29, 1.82) is 0 Å². The highest BCUT2D eigenvalue weighted by Gasteiger charge is 2.30. The molecule has 0 fully saturated rings. The molecule has 0 spiro atoms. The Bertz CT molecular complexity index is 647. The lowest BCUT2D eigenvalue weighted by molar-refractivity contribution is 0.138. The monoisotopic (exact) mass is 302 g/mol. The van der Waals surface area contributed by atoms with E-state index in [1.54, 1.807) is 0 Å². The summed E-state index contributed by atoms with van der Waals surface area (Å²) >= 11 is 5.88. The van der Waals surface area contributed by atoms with Gasteiger partial charge in [0, 0.05) is 17.9 Å². The summed E-state index contributed by atoms with van der Waals surface area (Å²) in [6, 6.07) is 13.6. The summed E-state index contributed by atoms with van der Waals surface area (Å²) in [7, 11) is 0. The molecule has 110 valence electrons. The molecule has 0 amide bonds. The highest BCUT2D eigenvalue weighted by atomic mass is 35.5. The van der Waals surface area contributed by atoms with E-state index in [0.29, 0.717) is 11.4 Å². The summed E-state index contributed by atoms with van der Waals surface area (Å²) in [5, 5.41) is 11.1. The zero-order chi connectivity index (χ0) is 15.0. The van der Waals surface area contributed by atoms with Crippen molar-refractivity contribution in [3.8, 4) is 5.75 Å². The minimum atomic E-state index is -0.514. The van der Waals surface area contributed by atoms with Crippen LogP contribution in [0.25, 0.3) is 0 Å². The van der Waals surface area contributed by atoms with Gasteiger partial charge in [-0.25, -0.2) is 0 Å². The van der Waals surface area contributed by atoms with Crippen molar-refractivity contribution in [3.05, 3.63) is 64.2 Å². The lowest BCUT2D eigenvalue weighted by Gasteiger charge is -2.16. The fourth-order valence-corrected chi connectivity index (χ4v) is 2.92. The van der Waals surface area contributed by atoms with Crippen molar-refractivity contribution >= 4 is 11.6 Å². The molecule has 2 aromatic carbocycles. The average molecular weight is 303 g/mol. The van der Waals surface area contributed by atoms with Crippen LogP contribution in [0.2, 0.25) is 5.02 Å². The van der Waals surface area contributed by atoms with Gasteiger partial charge in [0.25, 0.3) is 0 Å². The maximum absolute atomic E-state index is 10.4. The third-order valence-corrected chi connectivity index (χ3v) is 4.07. The Labute approximate surface area is 130 Å². The van der Waals surface area contributed by atoms with E-state index in [1.807, 2.05) is 36.4 Å². The van der Waals surface area contributed by atoms with Gasteiger partial charge in [0.1, 0.15) is 11.4 Å². The van der Waals surface area contributed by atoms with E-state index >= 15 is 0 Å². The third-order valence-electron chi connectivity index (χ3n) is 3.81. The van der Waals surface area contributed by atoms with Gasteiger partial charge in [-0.2, -0.15) is 0 Å². The van der Waals surface area contributed by atoms with E-state index in [1.165, 1.54) is 5.56 Å². The number of hydrogen-bond acceptors (Lipinski definition) is 2. The zero-order valence-electron chi connectivity index (χ0n) is 12.3. The van der Waals surface area contributed by atoms with Crippen LogP contribution >= 0.6 is 11.6 Å². The third kappa shape index (κ3) is 3.22. The van der Waals surface area contributed by atoms with E-state index in [2.05, 4.69) is 19.9 Å². The molecule has 0 aromatic heterocycles. The molecule has 3 heteroatoms. The van der Waals surface area contributed by atoms with Crippen molar-refractivity contribution in [1.82, 2.24) is 0 Å². The molecule has 1 N–H and O–H groups in total. The Morgan fingerprint density at radius 1 is 1.19 bits per heavy atom. The van der Waals surface area contributed by atoms with Crippen LogP contribution < -0.4 is 4.74 Å². The molecule has 1 heterocycles. The first-order chi connectivity index (χ1) is 9.93. The van der Waals surface area contributed by atoms with Crippen LogP contribution in [-0.4, -0.2) is 10.7 Å². The minimum Gasteiger partial charge on any atom is -0.487 e. The first kappa shape index (κ1) is 14.4. The standard InChI is InChI=1S/C18H19ClO2/c1-18(2)11-14-10-13(5-8-17(14)21-18)16(20)9-12-3-6-15(19)7-4-12/h3-8,10,16,20H,9,11H2,1-2H3. The van der Waals surface area contributed by atoms with Gasteiger partial charge in [0.2, 0.25) is 0 Å². The molecule has 2 aromatic rings. The number of hydrogen-bond donors (Lipinski definition) is 1. The highest BCUT2D eigenvalue weighted by molar-refractivity contribution is 6.30. The summed E-state index contributed by atoms with van der Waals surface area (Å²) < 4.78 is 5.86. The molecule has 0 bridgehead atoms. The summed E-state index contributed by atoms with van der Waals surface area (Å²) in [5.41, 5.74) is 3.03. The minimum absolute atomic E-state index is 0.151. The van der Waals surface area contributed by atoms with E-state index in [9.17, 15) is 5.11 Å². The molecule has 21 heavy (non-hydrogen) atoms. The Hall–Kier alpha value is -1.51. The van der Waals surface area contributed by atoms with Crippen molar-refractivity contribution in [2.45, 2.75) is 38.4 Å². The molecule has 0 aliphatic carbocycles. The van der Waals surface area contributed by atoms with Crippen LogP contribution in [0.4, 0.5) is 0 Å². The predicted octanol–water partition coefficient (Wildman–Crippen LogP) is 4.33. The molecule has 0 radical (unpaired) electrons. The molecule has 1 unspecified atom stereocenters. The van der Waals surface area contributed by atoms with Crippen molar-refractivity contribution in [2.24, 2.45) is 0 Å². The van der Waals surface area contributed by atoms with Crippen LogP contribution in [0.15, 0.2) is 42.5 Å². The van der Waals surface area contributed by atoms with Gasteiger partial charge in [-0.05, 0) is 54.8 Å². The van der Waals surface area contributed by atoms with E-state index in [0.717, 1.165) is 23.3 Å². The van der Waals surface area contributed by atoms with Gasteiger partial charge < -0.3 is 9.84 Å². The Kier molecular flexibility index (Phi) is 3.68. The molecule has 0 saturated heterocycles. The summed E-state index contributed by atoms with van der Waals surface area (Å²) in [5.74, 6) is 0.933. The summed E-state index contributed by atoms with van der Waals surface area (Å²) in [6.07, 6.45) is 0.949. The maximum atomic E-state index is 10.4. The first-order valence-electron chi connectivity index (χ1n) is 7.17. The average Bonchev–Trinajstić information content (AvgIpc) is 2.74. The lowest BCUT2D eigenvalue weighted by Crippen LogP contribution is -2.24. The second-order valence-electron chi connectivity index (χ2n) is 6.25. The van der Waals surface area contributed by atoms with Gasteiger partial charge in [-0.3, -0.25) is 0 Å². The molecule has 1 aliphatic rings. The number of aliphatic hydroxyl groups is 1. The van der Waals surface area contributed by atoms with Gasteiger partial charge in [-0.15, -0.1) is 0 Å². The van der Waals surface area contributed by atoms with Gasteiger partial charge >= 0.3 is 0 Å². The second kappa shape index (κ2) is 5.36. The molecule has 1 aliphatic heterocycles. The number of halogens is 1. The largest absolute Gasteiger partial charge is 0.487 e. The van der Waals surface area contributed by atoms with Crippen molar-refractivity contribution in [3.63, 3.8) is 0 Å². The molecule has 0 saturated carbocycles. The van der Waals surface area contributed by atoms with Crippen molar-refractivity contribution < 1.29 is 9.84 Å². The Balaban J connectivity index is 1.77. The van der Waals surface area contributed by atoms with Crippen LogP contribution in [-0.2, 0) is 12.8 Å². The summed E-state index contributed by atoms with van der Waals surface area (Å²) in [4.78, 5) is 0.